The van der Waals surface area contributed by atoms with Crippen LogP contribution in [0.5, 0.6) is 0 Å². The molecule has 2 fully saturated rings. The van der Waals surface area contributed by atoms with E-state index in [0.29, 0.717) is 12.5 Å². The van der Waals surface area contributed by atoms with E-state index >= 15 is 0 Å². The molecular formula is C16H23N5O2. The Morgan fingerprint density at radius 3 is 2.70 bits per heavy atom. The number of carbonyl (C=O) groups excluding carboxylic acids is 2. The van der Waals surface area contributed by atoms with Gasteiger partial charge in [0.15, 0.2) is 0 Å². The van der Waals surface area contributed by atoms with Crippen LogP contribution in [0.2, 0.25) is 0 Å². The number of nitrogens with zero attached hydrogens (tertiary/aromatic N) is 4. The first-order valence-corrected chi connectivity index (χ1v) is 8.74. The molecule has 0 radical (unpaired) electrons. The molecule has 1 saturated carbocycles. The largest absolute Gasteiger partial charge is 0.342 e. The van der Waals surface area contributed by atoms with E-state index in [-0.39, 0.29) is 23.7 Å². The lowest BCUT2D eigenvalue weighted by Gasteiger charge is -2.32. The lowest BCUT2D eigenvalue weighted by molar-refractivity contribution is -0.135. The second kappa shape index (κ2) is 5.94. The van der Waals surface area contributed by atoms with Crippen molar-refractivity contribution in [3.8, 4) is 0 Å². The standard InChI is InChI=1S/C16H23N5O2/c22-14(17-16-19-18-13-5-1-2-9-21(13)16)12-4-3-8-20(10-12)15(23)11-6-7-11/h11-12H,1-10H2,(H,17,19,22). The van der Waals surface area contributed by atoms with E-state index in [1.807, 2.05) is 9.47 Å². The molecule has 0 bridgehead atoms. The second-order valence-corrected chi connectivity index (χ2v) is 6.94. The molecule has 124 valence electrons. The van der Waals surface area contributed by atoms with Crippen LogP contribution in [0.3, 0.4) is 0 Å². The average molecular weight is 317 g/mol. The average Bonchev–Trinajstić information content (AvgIpc) is 3.37. The van der Waals surface area contributed by atoms with Crippen molar-refractivity contribution in [2.45, 2.75) is 51.5 Å². The fourth-order valence-corrected chi connectivity index (χ4v) is 3.59. The van der Waals surface area contributed by atoms with Crippen molar-refractivity contribution in [2.75, 3.05) is 18.4 Å². The summed E-state index contributed by atoms with van der Waals surface area (Å²) >= 11 is 0. The summed E-state index contributed by atoms with van der Waals surface area (Å²) < 4.78 is 2.01. The summed E-state index contributed by atoms with van der Waals surface area (Å²) in [7, 11) is 0. The van der Waals surface area contributed by atoms with E-state index in [4.69, 9.17) is 0 Å². The third-order valence-electron chi connectivity index (χ3n) is 5.12. The predicted octanol–water partition coefficient (Wildman–Crippen LogP) is 1.20. The molecule has 23 heavy (non-hydrogen) atoms. The van der Waals surface area contributed by atoms with Gasteiger partial charge in [0.2, 0.25) is 17.8 Å². The van der Waals surface area contributed by atoms with Crippen LogP contribution in [0.1, 0.15) is 44.3 Å². The van der Waals surface area contributed by atoms with Gasteiger partial charge in [-0.05, 0) is 38.5 Å². The Balaban J connectivity index is 1.40. The van der Waals surface area contributed by atoms with Gasteiger partial charge in [-0.3, -0.25) is 19.5 Å². The van der Waals surface area contributed by atoms with Gasteiger partial charge >= 0.3 is 0 Å². The lowest BCUT2D eigenvalue weighted by Crippen LogP contribution is -2.44. The van der Waals surface area contributed by atoms with Crippen molar-refractivity contribution >= 4 is 17.8 Å². The summed E-state index contributed by atoms with van der Waals surface area (Å²) in [5.41, 5.74) is 0. The van der Waals surface area contributed by atoms with Gasteiger partial charge in [0.25, 0.3) is 0 Å². The minimum atomic E-state index is -0.136. The van der Waals surface area contributed by atoms with E-state index in [9.17, 15) is 9.59 Å². The summed E-state index contributed by atoms with van der Waals surface area (Å²) in [5, 5.41) is 11.2. The summed E-state index contributed by atoms with van der Waals surface area (Å²) in [6, 6.07) is 0. The first kappa shape index (κ1) is 14.7. The molecular weight excluding hydrogens is 294 g/mol. The Hall–Kier alpha value is -1.92. The lowest BCUT2D eigenvalue weighted by atomic mass is 9.97. The number of likely N-dealkylation sites (tertiary alicyclic amines) is 1. The molecule has 2 aliphatic heterocycles. The highest BCUT2D eigenvalue weighted by Gasteiger charge is 2.37. The minimum absolute atomic E-state index is 0.0286. The number of amides is 2. The van der Waals surface area contributed by atoms with Crippen molar-refractivity contribution in [3.05, 3.63) is 5.82 Å². The molecule has 0 aromatic carbocycles. The van der Waals surface area contributed by atoms with Gasteiger partial charge in [0.1, 0.15) is 5.82 Å². The van der Waals surface area contributed by atoms with Crippen LogP contribution in [-0.2, 0) is 22.6 Å². The number of nitrogens with one attached hydrogen (secondary N) is 1. The number of piperidine rings is 1. The highest BCUT2D eigenvalue weighted by Crippen LogP contribution is 2.32. The van der Waals surface area contributed by atoms with E-state index < -0.39 is 0 Å². The van der Waals surface area contributed by atoms with E-state index in [0.717, 1.165) is 63.9 Å². The summed E-state index contributed by atoms with van der Waals surface area (Å²) in [4.78, 5) is 26.7. The van der Waals surface area contributed by atoms with Crippen LogP contribution in [-0.4, -0.2) is 44.6 Å². The van der Waals surface area contributed by atoms with Crippen LogP contribution < -0.4 is 5.32 Å². The number of hydrogen-bond acceptors (Lipinski definition) is 4. The van der Waals surface area contributed by atoms with Gasteiger partial charge in [-0.1, -0.05) is 0 Å². The molecule has 3 heterocycles. The maximum atomic E-state index is 12.6. The molecule has 4 rings (SSSR count). The minimum Gasteiger partial charge on any atom is -0.342 e. The molecule has 7 nitrogen and oxygen atoms in total. The number of hydrogen-bond donors (Lipinski definition) is 1. The topological polar surface area (TPSA) is 80.1 Å². The third kappa shape index (κ3) is 2.96. The number of aryl methyl sites for hydroxylation is 1. The van der Waals surface area contributed by atoms with Crippen molar-refractivity contribution in [1.29, 1.82) is 0 Å². The Labute approximate surface area is 135 Å². The Kier molecular flexibility index (Phi) is 3.79. The SMILES string of the molecule is O=C(Nc1nnc2n1CCCC2)C1CCCN(C(=O)C2CC2)C1. The maximum absolute atomic E-state index is 12.6. The van der Waals surface area contributed by atoms with Gasteiger partial charge in [-0.2, -0.15) is 0 Å². The molecule has 7 heteroatoms. The molecule has 1 saturated heterocycles. The van der Waals surface area contributed by atoms with Gasteiger partial charge in [0.05, 0.1) is 5.92 Å². The fraction of sp³-hybridized carbons (Fsp3) is 0.750. The van der Waals surface area contributed by atoms with Crippen molar-refractivity contribution in [1.82, 2.24) is 19.7 Å². The van der Waals surface area contributed by atoms with E-state index in [2.05, 4.69) is 15.5 Å². The fourth-order valence-electron chi connectivity index (χ4n) is 3.59. The molecule has 1 atom stereocenters. The molecule has 2 amide bonds. The van der Waals surface area contributed by atoms with Crippen LogP contribution >= 0.6 is 0 Å². The number of fused-ring (bicyclic) bond motifs is 1. The number of carbonyl (C=O) groups is 2. The van der Waals surface area contributed by atoms with Gasteiger partial charge in [-0.25, -0.2) is 0 Å². The summed E-state index contributed by atoms with van der Waals surface area (Å²) in [6.07, 6.45) is 6.91. The highest BCUT2D eigenvalue weighted by molar-refractivity contribution is 5.92. The second-order valence-electron chi connectivity index (χ2n) is 6.94. The third-order valence-corrected chi connectivity index (χ3v) is 5.12. The molecule has 0 spiro atoms. The van der Waals surface area contributed by atoms with Crippen LogP contribution in [0.15, 0.2) is 0 Å². The van der Waals surface area contributed by atoms with Gasteiger partial charge in [0, 0.05) is 32.0 Å². The van der Waals surface area contributed by atoms with E-state index in [1.54, 1.807) is 0 Å². The first-order valence-electron chi connectivity index (χ1n) is 8.74. The molecule has 1 aromatic heterocycles. The van der Waals surface area contributed by atoms with Gasteiger partial charge < -0.3 is 4.90 Å². The molecule has 3 aliphatic rings. The molecule has 1 aromatic rings. The smallest absolute Gasteiger partial charge is 0.231 e. The number of aromatic nitrogens is 3. The molecule has 1 unspecified atom stereocenters. The monoisotopic (exact) mass is 317 g/mol. The normalized spacial score (nSPS) is 24.2. The maximum Gasteiger partial charge on any atom is 0.231 e. The predicted molar refractivity (Wildman–Crippen MR) is 83.6 cm³/mol. The summed E-state index contributed by atoms with van der Waals surface area (Å²) in [5.74, 6) is 1.82. The van der Waals surface area contributed by atoms with Crippen LogP contribution in [0.25, 0.3) is 0 Å². The van der Waals surface area contributed by atoms with Crippen molar-refractivity contribution < 1.29 is 9.59 Å². The highest BCUT2D eigenvalue weighted by atomic mass is 16.2. The summed E-state index contributed by atoms with van der Waals surface area (Å²) in [6.45, 7) is 2.20. The quantitative estimate of drug-likeness (QED) is 0.908. The van der Waals surface area contributed by atoms with Crippen LogP contribution in [0, 0.1) is 11.8 Å². The Morgan fingerprint density at radius 2 is 1.87 bits per heavy atom. The van der Waals surface area contributed by atoms with E-state index in [1.165, 1.54) is 0 Å². The molecule has 1 aliphatic carbocycles. The molecule has 1 N–H and O–H groups in total. The Morgan fingerprint density at radius 1 is 1.00 bits per heavy atom. The zero-order valence-corrected chi connectivity index (χ0v) is 13.3. The zero-order chi connectivity index (χ0) is 15.8. The Bertz CT molecular complexity index is 622. The first-order chi connectivity index (χ1) is 11.2. The van der Waals surface area contributed by atoms with Crippen molar-refractivity contribution in [3.63, 3.8) is 0 Å². The van der Waals surface area contributed by atoms with Crippen LogP contribution in [0.4, 0.5) is 5.95 Å². The van der Waals surface area contributed by atoms with Crippen molar-refractivity contribution in [2.24, 2.45) is 11.8 Å². The zero-order valence-electron chi connectivity index (χ0n) is 13.3. The number of anilines is 1. The number of rotatable bonds is 3. The van der Waals surface area contributed by atoms with Gasteiger partial charge in [-0.15, -0.1) is 10.2 Å².